The van der Waals surface area contributed by atoms with Gasteiger partial charge in [0.1, 0.15) is 11.6 Å². The van der Waals surface area contributed by atoms with E-state index in [9.17, 15) is 5.11 Å². The maximum Gasteiger partial charge on any atom is 0.165 e. The number of phenols is 1. The first-order chi connectivity index (χ1) is 12.2. The average molecular weight is 335 g/mol. The molecule has 128 valence electrons. The highest BCUT2D eigenvalue weighted by Crippen LogP contribution is 2.31. The summed E-state index contributed by atoms with van der Waals surface area (Å²) in [5.74, 6) is 1.28. The van der Waals surface area contributed by atoms with Gasteiger partial charge in [0.15, 0.2) is 5.82 Å². The molecule has 1 atom stereocenters. The van der Waals surface area contributed by atoms with Crippen LogP contribution in [0.2, 0.25) is 0 Å². The van der Waals surface area contributed by atoms with Crippen LogP contribution in [0.15, 0.2) is 55.0 Å². The molecule has 0 spiro atoms. The maximum absolute atomic E-state index is 10.2. The van der Waals surface area contributed by atoms with Crippen LogP contribution in [0.1, 0.15) is 13.3 Å². The Morgan fingerprint density at radius 1 is 1.08 bits per heavy atom. The Morgan fingerprint density at radius 3 is 2.64 bits per heavy atom. The van der Waals surface area contributed by atoms with Crippen LogP contribution in [-0.2, 0) is 0 Å². The van der Waals surface area contributed by atoms with Crippen LogP contribution in [0.3, 0.4) is 0 Å². The Bertz CT molecular complexity index is 838. The van der Waals surface area contributed by atoms with Crippen LogP contribution in [0, 0.1) is 0 Å². The summed E-state index contributed by atoms with van der Waals surface area (Å²) in [6.45, 7) is 2.68. The van der Waals surface area contributed by atoms with Crippen molar-refractivity contribution < 1.29 is 5.11 Å². The lowest BCUT2D eigenvalue weighted by atomic mass is 10.0. The molecule has 1 unspecified atom stereocenters. The first-order valence-corrected chi connectivity index (χ1v) is 8.23. The van der Waals surface area contributed by atoms with Gasteiger partial charge in [0, 0.05) is 31.2 Å². The fraction of sp³-hybridized carbons (Fsp3) is 0.211. The smallest absolute Gasteiger partial charge is 0.165 e. The molecule has 0 aliphatic heterocycles. The number of nitrogens with zero attached hydrogens (tertiary/aromatic N) is 3. The molecule has 3 aromatic rings. The van der Waals surface area contributed by atoms with Crippen LogP contribution in [0.5, 0.6) is 5.75 Å². The molecule has 0 aliphatic carbocycles. The molecule has 0 saturated carbocycles. The second-order valence-electron chi connectivity index (χ2n) is 5.78. The van der Waals surface area contributed by atoms with E-state index in [1.807, 2.05) is 31.2 Å². The van der Waals surface area contributed by atoms with Gasteiger partial charge in [0.2, 0.25) is 0 Å². The van der Waals surface area contributed by atoms with Crippen molar-refractivity contribution in [3.8, 4) is 28.3 Å². The number of pyridine rings is 1. The van der Waals surface area contributed by atoms with Crippen molar-refractivity contribution in [1.29, 1.82) is 0 Å². The van der Waals surface area contributed by atoms with Crippen LogP contribution in [0.4, 0.5) is 5.82 Å². The molecule has 0 amide bonds. The quantitative estimate of drug-likeness (QED) is 0.640. The van der Waals surface area contributed by atoms with E-state index < -0.39 is 0 Å². The number of rotatable bonds is 6. The second kappa shape index (κ2) is 7.72. The summed E-state index contributed by atoms with van der Waals surface area (Å²) in [5, 5.41) is 13.5. The molecule has 25 heavy (non-hydrogen) atoms. The van der Waals surface area contributed by atoms with Gasteiger partial charge >= 0.3 is 0 Å². The largest absolute Gasteiger partial charge is 0.507 e. The molecule has 6 nitrogen and oxygen atoms in total. The van der Waals surface area contributed by atoms with E-state index >= 15 is 0 Å². The lowest BCUT2D eigenvalue weighted by Gasteiger charge is -2.12. The Hall–Kier alpha value is -2.99. The SMILES string of the molecule is CCC(N)CNc1ccnc(-c2cc(-c3ccncc3)ccc2O)n1. The molecule has 4 N–H and O–H groups in total. The van der Waals surface area contributed by atoms with Crippen molar-refractivity contribution in [3.05, 3.63) is 55.0 Å². The summed E-state index contributed by atoms with van der Waals surface area (Å²) in [6, 6.07) is 11.1. The molecule has 3 rings (SSSR count). The van der Waals surface area contributed by atoms with E-state index in [4.69, 9.17) is 5.73 Å². The highest BCUT2D eigenvalue weighted by atomic mass is 16.3. The molecule has 2 heterocycles. The number of hydrogen-bond acceptors (Lipinski definition) is 6. The minimum absolute atomic E-state index is 0.0711. The summed E-state index contributed by atoms with van der Waals surface area (Å²) in [6.07, 6.45) is 6.03. The van der Waals surface area contributed by atoms with Crippen molar-refractivity contribution in [3.63, 3.8) is 0 Å². The van der Waals surface area contributed by atoms with Crippen molar-refractivity contribution >= 4 is 5.82 Å². The van der Waals surface area contributed by atoms with E-state index in [1.54, 1.807) is 30.7 Å². The summed E-state index contributed by atoms with van der Waals surface area (Å²) in [7, 11) is 0. The van der Waals surface area contributed by atoms with E-state index in [2.05, 4.69) is 20.3 Å². The van der Waals surface area contributed by atoms with Gasteiger partial charge in [0.05, 0.1) is 5.56 Å². The zero-order valence-corrected chi connectivity index (χ0v) is 14.1. The molecule has 1 aromatic carbocycles. The van der Waals surface area contributed by atoms with Crippen molar-refractivity contribution in [2.45, 2.75) is 19.4 Å². The first-order valence-electron chi connectivity index (χ1n) is 8.23. The van der Waals surface area contributed by atoms with Gasteiger partial charge in [-0.05, 0) is 47.9 Å². The van der Waals surface area contributed by atoms with Crippen LogP contribution in [0.25, 0.3) is 22.5 Å². The number of aromatic hydroxyl groups is 1. The van der Waals surface area contributed by atoms with E-state index in [-0.39, 0.29) is 11.8 Å². The molecule has 0 fully saturated rings. The second-order valence-corrected chi connectivity index (χ2v) is 5.78. The highest BCUT2D eigenvalue weighted by Gasteiger charge is 2.11. The predicted octanol–water partition coefficient (Wildman–Crippen LogP) is 3.06. The Kier molecular flexibility index (Phi) is 5.20. The topological polar surface area (TPSA) is 97.0 Å². The average Bonchev–Trinajstić information content (AvgIpc) is 2.67. The Morgan fingerprint density at radius 2 is 1.88 bits per heavy atom. The molecule has 0 saturated heterocycles. The van der Waals surface area contributed by atoms with Gasteiger partial charge < -0.3 is 16.2 Å². The van der Waals surface area contributed by atoms with E-state index in [1.165, 1.54) is 0 Å². The van der Waals surface area contributed by atoms with Gasteiger partial charge in [0.25, 0.3) is 0 Å². The molecule has 2 aromatic heterocycles. The predicted molar refractivity (Wildman–Crippen MR) is 99.1 cm³/mol. The minimum atomic E-state index is 0.0711. The monoisotopic (exact) mass is 335 g/mol. The summed E-state index contributed by atoms with van der Waals surface area (Å²) >= 11 is 0. The molecule has 6 heteroatoms. The summed E-state index contributed by atoms with van der Waals surface area (Å²) in [4.78, 5) is 12.8. The normalized spacial score (nSPS) is 11.9. The van der Waals surface area contributed by atoms with Gasteiger partial charge in [-0.25, -0.2) is 9.97 Å². The summed E-state index contributed by atoms with van der Waals surface area (Å²) < 4.78 is 0. The number of nitrogens with two attached hydrogens (primary N) is 1. The van der Waals surface area contributed by atoms with Gasteiger partial charge in [-0.1, -0.05) is 13.0 Å². The maximum atomic E-state index is 10.2. The highest BCUT2D eigenvalue weighted by molar-refractivity contribution is 5.74. The van der Waals surface area contributed by atoms with E-state index in [0.717, 1.165) is 17.5 Å². The van der Waals surface area contributed by atoms with E-state index in [0.29, 0.717) is 23.8 Å². The van der Waals surface area contributed by atoms with Crippen molar-refractivity contribution in [2.75, 3.05) is 11.9 Å². The van der Waals surface area contributed by atoms with Gasteiger partial charge in [-0.15, -0.1) is 0 Å². The third-order valence-corrected chi connectivity index (χ3v) is 3.98. The number of anilines is 1. The fourth-order valence-corrected chi connectivity index (χ4v) is 2.41. The van der Waals surface area contributed by atoms with Crippen molar-refractivity contribution in [1.82, 2.24) is 15.0 Å². The number of phenolic OH excluding ortho intramolecular Hbond substituents is 1. The number of nitrogens with one attached hydrogen (secondary N) is 1. The zero-order chi connectivity index (χ0) is 17.6. The first kappa shape index (κ1) is 16.9. The standard InChI is InChI=1S/C19H21N5O/c1-2-15(20)12-23-18-7-10-22-19(24-18)16-11-14(3-4-17(16)25)13-5-8-21-9-6-13/h3-11,15,25H,2,12,20H2,1H3,(H,22,23,24). The third kappa shape index (κ3) is 4.10. The lowest BCUT2D eigenvalue weighted by molar-refractivity contribution is 0.477. The van der Waals surface area contributed by atoms with Crippen LogP contribution in [-0.4, -0.2) is 32.6 Å². The third-order valence-electron chi connectivity index (χ3n) is 3.98. The minimum Gasteiger partial charge on any atom is -0.507 e. The number of aromatic nitrogens is 3. The molecule has 0 radical (unpaired) electrons. The molecular formula is C19H21N5O. The molecular weight excluding hydrogens is 314 g/mol. The van der Waals surface area contributed by atoms with Crippen molar-refractivity contribution in [2.24, 2.45) is 5.73 Å². The van der Waals surface area contributed by atoms with Crippen LogP contribution < -0.4 is 11.1 Å². The number of hydrogen-bond donors (Lipinski definition) is 3. The summed E-state index contributed by atoms with van der Waals surface area (Å²) in [5.41, 5.74) is 8.49. The Balaban J connectivity index is 1.91. The van der Waals surface area contributed by atoms with Gasteiger partial charge in [-0.2, -0.15) is 0 Å². The van der Waals surface area contributed by atoms with Crippen LogP contribution >= 0.6 is 0 Å². The zero-order valence-electron chi connectivity index (χ0n) is 14.1. The number of benzene rings is 1. The van der Waals surface area contributed by atoms with Gasteiger partial charge in [-0.3, -0.25) is 4.98 Å². The fourth-order valence-electron chi connectivity index (χ4n) is 2.41. The Labute approximate surface area is 146 Å². The lowest BCUT2D eigenvalue weighted by Crippen LogP contribution is -2.28. The molecule has 0 aliphatic rings. The molecule has 0 bridgehead atoms.